The molecule has 0 aliphatic carbocycles. The maximum Gasteiger partial charge on any atom is 0.320 e. The molecule has 0 heterocycles. The summed E-state index contributed by atoms with van der Waals surface area (Å²) in [4.78, 5) is 10.8. The number of unbranched alkanes of at least 4 members (excludes halogenated alkanes) is 1. The Hall–Kier alpha value is -0.620. The van der Waals surface area contributed by atoms with Crippen LogP contribution in [0.15, 0.2) is 0 Å². The first-order valence-corrected chi connectivity index (χ1v) is 7.74. The smallest absolute Gasteiger partial charge is 0.320 e. The summed E-state index contributed by atoms with van der Waals surface area (Å²) in [5.74, 6) is -1.14. The van der Waals surface area contributed by atoms with E-state index in [9.17, 15) is 13.2 Å². The van der Waals surface area contributed by atoms with Gasteiger partial charge in [-0.3, -0.25) is 4.79 Å². The first-order chi connectivity index (χ1) is 7.91. The highest BCUT2D eigenvalue weighted by molar-refractivity contribution is 7.92. The van der Waals surface area contributed by atoms with Gasteiger partial charge in [0.05, 0.1) is 12.9 Å². The molecule has 0 fully saturated rings. The van der Waals surface area contributed by atoms with Gasteiger partial charge in [-0.05, 0) is 26.3 Å². The first-order valence-electron chi connectivity index (χ1n) is 5.92. The van der Waals surface area contributed by atoms with Gasteiger partial charge in [0, 0.05) is 6.04 Å². The topological polar surface area (TPSA) is 72.5 Å². The fraction of sp³-hybridized carbons (Fsp3) is 0.909. The van der Waals surface area contributed by atoms with Crippen molar-refractivity contribution in [3.63, 3.8) is 0 Å². The molecule has 0 aromatic heterocycles. The first kappa shape index (κ1) is 16.4. The third-order valence-electron chi connectivity index (χ3n) is 2.46. The number of esters is 1. The SMILES string of the molecule is CCNC(C)CCCCS(=O)(=O)CC(=O)OC. The van der Waals surface area contributed by atoms with Crippen molar-refractivity contribution in [2.45, 2.75) is 39.2 Å². The van der Waals surface area contributed by atoms with Crippen LogP contribution in [0.5, 0.6) is 0 Å². The lowest BCUT2D eigenvalue weighted by molar-refractivity contribution is -0.137. The Balaban J connectivity index is 3.77. The van der Waals surface area contributed by atoms with Crippen molar-refractivity contribution >= 4 is 15.8 Å². The fourth-order valence-electron chi connectivity index (χ4n) is 1.53. The molecule has 0 saturated heterocycles. The van der Waals surface area contributed by atoms with Crippen molar-refractivity contribution < 1.29 is 17.9 Å². The Morgan fingerprint density at radius 1 is 1.35 bits per heavy atom. The zero-order valence-electron chi connectivity index (χ0n) is 10.9. The second-order valence-corrected chi connectivity index (χ2v) is 6.31. The van der Waals surface area contributed by atoms with Gasteiger partial charge in [-0.15, -0.1) is 0 Å². The molecular weight excluding hydrogens is 242 g/mol. The van der Waals surface area contributed by atoms with Gasteiger partial charge in [-0.2, -0.15) is 0 Å². The predicted molar refractivity (Wildman–Crippen MR) is 67.7 cm³/mol. The number of rotatable bonds is 9. The van der Waals surface area contributed by atoms with Crippen LogP contribution in [0, 0.1) is 0 Å². The summed E-state index contributed by atoms with van der Waals surface area (Å²) in [5, 5.41) is 3.26. The minimum atomic E-state index is -3.30. The second kappa shape index (κ2) is 8.47. The van der Waals surface area contributed by atoms with Crippen molar-refractivity contribution in [2.75, 3.05) is 25.2 Å². The van der Waals surface area contributed by atoms with Gasteiger partial charge in [0.1, 0.15) is 5.75 Å². The summed E-state index contributed by atoms with van der Waals surface area (Å²) >= 11 is 0. The van der Waals surface area contributed by atoms with E-state index in [0.717, 1.165) is 19.4 Å². The summed E-state index contributed by atoms with van der Waals surface area (Å²) < 4.78 is 27.2. The molecule has 6 heteroatoms. The van der Waals surface area contributed by atoms with Crippen LogP contribution in [-0.4, -0.2) is 45.6 Å². The van der Waals surface area contributed by atoms with E-state index < -0.39 is 21.6 Å². The Morgan fingerprint density at radius 3 is 2.53 bits per heavy atom. The van der Waals surface area contributed by atoms with E-state index in [1.54, 1.807) is 0 Å². The maximum atomic E-state index is 11.5. The maximum absolute atomic E-state index is 11.5. The predicted octanol–water partition coefficient (Wildman–Crippen LogP) is 0.743. The molecule has 1 unspecified atom stereocenters. The highest BCUT2D eigenvalue weighted by atomic mass is 32.2. The minimum Gasteiger partial charge on any atom is -0.468 e. The Labute approximate surface area is 104 Å². The quantitative estimate of drug-likeness (QED) is 0.492. The van der Waals surface area contributed by atoms with Crippen LogP contribution >= 0.6 is 0 Å². The van der Waals surface area contributed by atoms with E-state index in [1.807, 2.05) is 6.92 Å². The molecule has 0 radical (unpaired) electrons. The summed E-state index contributed by atoms with van der Waals surface area (Å²) in [5.41, 5.74) is 0. The standard InChI is InChI=1S/C11H23NO4S/c1-4-12-10(2)7-5-6-8-17(14,15)9-11(13)16-3/h10,12H,4-9H2,1-3H3. The van der Waals surface area contributed by atoms with Gasteiger partial charge in [0.25, 0.3) is 0 Å². The van der Waals surface area contributed by atoms with Crippen LogP contribution in [0.4, 0.5) is 0 Å². The second-order valence-electron chi connectivity index (χ2n) is 4.12. The van der Waals surface area contributed by atoms with Crippen LogP contribution in [0.3, 0.4) is 0 Å². The van der Waals surface area contributed by atoms with Gasteiger partial charge in [-0.1, -0.05) is 13.3 Å². The zero-order valence-corrected chi connectivity index (χ0v) is 11.7. The summed E-state index contributed by atoms with van der Waals surface area (Å²) in [6, 6.07) is 0.406. The van der Waals surface area contributed by atoms with Crippen LogP contribution in [0.2, 0.25) is 0 Å². The zero-order chi connectivity index (χ0) is 13.3. The molecule has 0 bridgehead atoms. The highest BCUT2D eigenvalue weighted by Crippen LogP contribution is 2.04. The Bertz CT molecular complexity index is 313. The number of hydrogen-bond donors (Lipinski definition) is 1. The third-order valence-corrected chi connectivity index (χ3v) is 4.05. The number of carbonyl (C=O) groups is 1. The van der Waals surface area contributed by atoms with Crippen molar-refractivity contribution in [3.8, 4) is 0 Å². The highest BCUT2D eigenvalue weighted by Gasteiger charge is 2.16. The lowest BCUT2D eigenvalue weighted by Crippen LogP contribution is -2.25. The van der Waals surface area contributed by atoms with Gasteiger partial charge in [0.15, 0.2) is 9.84 Å². The monoisotopic (exact) mass is 265 g/mol. The lowest BCUT2D eigenvalue weighted by atomic mass is 10.1. The largest absolute Gasteiger partial charge is 0.468 e. The van der Waals surface area contributed by atoms with Crippen molar-refractivity contribution in [2.24, 2.45) is 0 Å². The molecule has 1 atom stereocenters. The molecule has 5 nitrogen and oxygen atoms in total. The van der Waals surface area contributed by atoms with Crippen LogP contribution < -0.4 is 5.32 Å². The van der Waals surface area contributed by atoms with E-state index in [2.05, 4.69) is 17.0 Å². The molecule has 0 saturated carbocycles. The van der Waals surface area contributed by atoms with Gasteiger partial charge < -0.3 is 10.1 Å². The normalized spacial score (nSPS) is 13.4. The average molecular weight is 265 g/mol. The van der Waals surface area contributed by atoms with Crippen LogP contribution in [0.25, 0.3) is 0 Å². The number of ether oxygens (including phenoxy) is 1. The molecule has 0 aromatic carbocycles. The van der Waals surface area contributed by atoms with E-state index in [4.69, 9.17) is 0 Å². The molecule has 0 rings (SSSR count). The Morgan fingerprint density at radius 2 is 2.00 bits per heavy atom. The van der Waals surface area contributed by atoms with E-state index >= 15 is 0 Å². The molecule has 0 spiro atoms. The van der Waals surface area contributed by atoms with E-state index in [-0.39, 0.29) is 5.75 Å². The van der Waals surface area contributed by atoms with E-state index in [1.165, 1.54) is 7.11 Å². The summed E-state index contributed by atoms with van der Waals surface area (Å²) in [6.07, 6.45) is 2.38. The van der Waals surface area contributed by atoms with Crippen molar-refractivity contribution in [3.05, 3.63) is 0 Å². The van der Waals surface area contributed by atoms with Crippen LogP contribution in [0.1, 0.15) is 33.1 Å². The molecule has 17 heavy (non-hydrogen) atoms. The number of nitrogens with one attached hydrogen (secondary N) is 1. The molecule has 0 aromatic rings. The fourth-order valence-corrected chi connectivity index (χ4v) is 2.80. The minimum absolute atomic E-state index is 0.0565. The number of methoxy groups -OCH3 is 1. The average Bonchev–Trinajstić information content (AvgIpc) is 2.24. The molecular formula is C11H23NO4S. The molecule has 102 valence electrons. The molecule has 0 aliphatic rings. The van der Waals surface area contributed by atoms with Crippen LogP contribution in [-0.2, 0) is 19.4 Å². The molecule has 0 aliphatic heterocycles. The van der Waals surface area contributed by atoms with Gasteiger partial charge in [-0.25, -0.2) is 8.42 Å². The number of carbonyl (C=O) groups excluding carboxylic acids is 1. The van der Waals surface area contributed by atoms with Crippen molar-refractivity contribution in [1.82, 2.24) is 5.32 Å². The third kappa shape index (κ3) is 9.12. The number of hydrogen-bond acceptors (Lipinski definition) is 5. The molecule has 1 N–H and O–H groups in total. The van der Waals surface area contributed by atoms with Gasteiger partial charge in [0.2, 0.25) is 0 Å². The van der Waals surface area contributed by atoms with Crippen molar-refractivity contribution in [1.29, 1.82) is 0 Å². The van der Waals surface area contributed by atoms with E-state index in [0.29, 0.717) is 12.5 Å². The summed E-state index contributed by atoms with van der Waals surface area (Å²) in [7, 11) is -2.11. The van der Waals surface area contributed by atoms with Gasteiger partial charge >= 0.3 is 5.97 Å². The number of sulfone groups is 1. The summed E-state index contributed by atoms with van der Waals surface area (Å²) in [6.45, 7) is 5.03. The lowest BCUT2D eigenvalue weighted by Gasteiger charge is -2.11. The molecule has 0 amide bonds. The Kier molecular flexibility index (Phi) is 8.16.